The highest BCUT2D eigenvalue weighted by Gasteiger charge is 2.30. The second-order valence-corrected chi connectivity index (χ2v) is 7.88. The summed E-state index contributed by atoms with van der Waals surface area (Å²) in [6, 6.07) is 6.81. The Bertz CT molecular complexity index is 1190. The van der Waals surface area contributed by atoms with E-state index in [4.69, 9.17) is 15.0 Å². The summed E-state index contributed by atoms with van der Waals surface area (Å²) in [4.78, 5) is 30.4. The monoisotopic (exact) mass is 452 g/mol. The summed E-state index contributed by atoms with van der Waals surface area (Å²) in [7, 11) is 5.30. The standard InChI is InChI=1S/C21H24N8O4/c1-29(2)10-16-25-20(28-33-16)12-5-4-6-13(18(12)32-3)23-14-9-15(24-21(31)11-7-8-11)26-27-17(14)19(22)30/h4-6,9,11H,7-8,10H2,1-3H3,(H2,22,30)(H2,23,24,26,31). The number of nitrogens with zero attached hydrogens (tertiary/aromatic N) is 5. The zero-order valence-electron chi connectivity index (χ0n) is 18.5. The molecule has 172 valence electrons. The van der Waals surface area contributed by atoms with Gasteiger partial charge < -0.3 is 30.5 Å². The summed E-state index contributed by atoms with van der Waals surface area (Å²) >= 11 is 0. The number of nitrogens with two attached hydrogens (primary N) is 1. The fourth-order valence-corrected chi connectivity index (χ4v) is 3.18. The van der Waals surface area contributed by atoms with Crippen molar-refractivity contribution in [3.8, 4) is 17.1 Å². The Morgan fingerprint density at radius 2 is 2.03 bits per heavy atom. The molecule has 4 rings (SSSR count). The first-order valence-corrected chi connectivity index (χ1v) is 10.3. The third-order valence-electron chi connectivity index (χ3n) is 4.88. The van der Waals surface area contributed by atoms with Gasteiger partial charge in [0.1, 0.15) is 0 Å². The summed E-state index contributed by atoms with van der Waals surface area (Å²) in [5, 5.41) is 17.6. The first-order chi connectivity index (χ1) is 15.9. The van der Waals surface area contributed by atoms with E-state index >= 15 is 0 Å². The number of hydrogen-bond acceptors (Lipinski definition) is 10. The van der Waals surface area contributed by atoms with Crippen LogP contribution in [0.1, 0.15) is 29.2 Å². The van der Waals surface area contributed by atoms with Crippen molar-refractivity contribution in [1.82, 2.24) is 25.2 Å². The molecule has 3 aromatic rings. The molecule has 2 heterocycles. The largest absolute Gasteiger partial charge is 0.494 e. The van der Waals surface area contributed by atoms with Crippen LogP contribution < -0.4 is 21.1 Å². The smallest absolute Gasteiger partial charge is 0.271 e. The fraction of sp³-hybridized carbons (Fsp3) is 0.333. The highest BCUT2D eigenvalue weighted by Crippen LogP contribution is 2.37. The molecule has 12 heteroatoms. The van der Waals surface area contributed by atoms with Crippen LogP contribution in [0.25, 0.3) is 11.4 Å². The fourth-order valence-electron chi connectivity index (χ4n) is 3.18. The molecule has 1 aliphatic carbocycles. The van der Waals surface area contributed by atoms with Gasteiger partial charge in [-0.15, -0.1) is 10.2 Å². The lowest BCUT2D eigenvalue weighted by Crippen LogP contribution is -2.19. The third kappa shape index (κ3) is 5.06. The maximum atomic E-state index is 12.1. The Balaban J connectivity index is 1.67. The number of benzene rings is 1. The number of rotatable bonds is 9. The van der Waals surface area contributed by atoms with E-state index in [-0.39, 0.29) is 29.0 Å². The molecule has 1 fully saturated rings. The number of primary amides is 1. The number of anilines is 3. The van der Waals surface area contributed by atoms with E-state index in [1.54, 1.807) is 18.2 Å². The number of hydrogen-bond donors (Lipinski definition) is 3. The molecule has 0 atom stereocenters. The first-order valence-electron chi connectivity index (χ1n) is 10.3. The van der Waals surface area contributed by atoms with Crippen LogP contribution in [0.2, 0.25) is 0 Å². The molecule has 0 saturated heterocycles. The minimum Gasteiger partial charge on any atom is -0.494 e. The molecule has 0 aliphatic heterocycles. The van der Waals surface area contributed by atoms with Gasteiger partial charge in [0.15, 0.2) is 17.3 Å². The summed E-state index contributed by atoms with van der Waals surface area (Å²) in [5.74, 6) is 0.530. The lowest BCUT2D eigenvalue weighted by Gasteiger charge is -2.15. The first kappa shape index (κ1) is 22.1. The van der Waals surface area contributed by atoms with Gasteiger partial charge in [0.05, 0.1) is 30.6 Å². The normalized spacial score (nSPS) is 13.1. The maximum Gasteiger partial charge on any atom is 0.271 e. The maximum absolute atomic E-state index is 12.1. The van der Waals surface area contributed by atoms with Crippen LogP contribution in [0, 0.1) is 5.92 Å². The van der Waals surface area contributed by atoms with Gasteiger partial charge in [0, 0.05) is 12.0 Å². The van der Waals surface area contributed by atoms with Gasteiger partial charge in [-0.2, -0.15) is 4.98 Å². The van der Waals surface area contributed by atoms with Crippen LogP contribution >= 0.6 is 0 Å². The van der Waals surface area contributed by atoms with Gasteiger partial charge in [0.25, 0.3) is 5.91 Å². The highest BCUT2D eigenvalue weighted by molar-refractivity contribution is 5.99. The third-order valence-corrected chi connectivity index (χ3v) is 4.88. The van der Waals surface area contributed by atoms with Gasteiger partial charge in [-0.05, 0) is 39.1 Å². The molecule has 2 amide bonds. The molecule has 33 heavy (non-hydrogen) atoms. The lowest BCUT2D eigenvalue weighted by atomic mass is 10.1. The molecule has 1 aliphatic rings. The average molecular weight is 452 g/mol. The topological polar surface area (TPSA) is 161 Å². The minimum absolute atomic E-state index is 0.0110. The van der Waals surface area contributed by atoms with Crippen molar-refractivity contribution in [1.29, 1.82) is 0 Å². The predicted octanol–water partition coefficient (Wildman–Crippen LogP) is 1.79. The van der Waals surface area contributed by atoms with Gasteiger partial charge in [-0.3, -0.25) is 9.59 Å². The van der Waals surface area contributed by atoms with E-state index in [1.165, 1.54) is 13.2 Å². The van der Waals surface area contributed by atoms with Crippen LogP contribution in [0.3, 0.4) is 0 Å². The predicted molar refractivity (Wildman–Crippen MR) is 119 cm³/mol. The van der Waals surface area contributed by atoms with Crippen molar-refractivity contribution in [2.75, 3.05) is 31.8 Å². The second kappa shape index (κ2) is 9.20. The number of methoxy groups -OCH3 is 1. The second-order valence-electron chi connectivity index (χ2n) is 7.88. The molecular weight excluding hydrogens is 428 g/mol. The van der Waals surface area contributed by atoms with E-state index < -0.39 is 5.91 Å². The van der Waals surface area contributed by atoms with E-state index in [2.05, 4.69) is 31.0 Å². The number of amides is 2. The van der Waals surface area contributed by atoms with Crippen molar-refractivity contribution in [2.45, 2.75) is 19.4 Å². The summed E-state index contributed by atoms with van der Waals surface area (Å²) in [5.41, 5.74) is 6.74. The van der Waals surface area contributed by atoms with Gasteiger partial charge in [-0.25, -0.2) is 0 Å². The molecule has 2 aromatic heterocycles. The molecule has 0 spiro atoms. The Morgan fingerprint density at radius 1 is 1.24 bits per heavy atom. The van der Waals surface area contributed by atoms with Crippen LogP contribution in [-0.4, -0.2) is 58.3 Å². The van der Waals surface area contributed by atoms with Crippen molar-refractivity contribution < 1.29 is 18.8 Å². The highest BCUT2D eigenvalue weighted by atomic mass is 16.5. The zero-order chi connectivity index (χ0) is 23.5. The summed E-state index contributed by atoms with van der Waals surface area (Å²) in [6.07, 6.45) is 1.69. The van der Waals surface area contributed by atoms with E-state index in [9.17, 15) is 9.59 Å². The number of nitrogens with one attached hydrogen (secondary N) is 2. The Hall–Kier alpha value is -4.06. The van der Waals surface area contributed by atoms with Crippen LogP contribution in [0.5, 0.6) is 5.75 Å². The molecule has 0 bridgehead atoms. The van der Waals surface area contributed by atoms with E-state index in [0.717, 1.165) is 12.8 Å². The Kier molecular flexibility index (Phi) is 6.18. The molecule has 4 N–H and O–H groups in total. The molecule has 0 radical (unpaired) electrons. The van der Waals surface area contributed by atoms with Crippen LogP contribution in [-0.2, 0) is 11.3 Å². The number of aromatic nitrogens is 4. The molecule has 0 unspecified atom stereocenters. The molecule has 1 aromatic carbocycles. The minimum atomic E-state index is -0.772. The number of ether oxygens (including phenoxy) is 1. The van der Waals surface area contributed by atoms with E-state index in [1.807, 2.05) is 19.0 Å². The van der Waals surface area contributed by atoms with Crippen molar-refractivity contribution in [3.05, 3.63) is 35.9 Å². The van der Waals surface area contributed by atoms with Gasteiger partial charge in [0.2, 0.25) is 17.6 Å². The summed E-state index contributed by atoms with van der Waals surface area (Å²) in [6.45, 7) is 0.493. The lowest BCUT2D eigenvalue weighted by molar-refractivity contribution is -0.117. The van der Waals surface area contributed by atoms with E-state index in [0.29, 0.717) is 35.3 Å². The molecule has 12 nitrogen and oxygen atoms in total. The quantitative estimate of drug-likeness (QED) is 0.436. The van der Waals surface area contributed by atoms with Crippen LogP contribution in [0.15, 0.2) is 28.8 Å². The van der Waals surface area contributed by atoms with Crippen molar-refractivity contribution in [3.63, 3.8) is 0 Å². The SMILES string of the molecule is COc1c(Nc2cc(NC(=O)C3CC3)nnc2C(N)=O)cccc1-c1noc(CN(C)C)n1. The summed E-state index contributed by atoms with van der Waals surface area (Å²) < 4.78 is 10.9. The van der Waals surface area contributed by atoms with Crippen LogP contribution in [0.4, 0.5) is 17.2 Å². The van der Waals surface area contributed by atoms with Gasteiger partial charge >= 0.3 is 0 Å². The number of carbonyl (C=O) groups excluding carboxylic acids is 2. The number of para-hydroxylation sites is 1. The average Bonchev–Trinajstić information content (AvgIpc) is 3.53. The van der Waals surface area contributed by atoms with Crippen molar-refractivity contribution >= 4 is 29.0 Å². The number of carbonyl (C=O) groups is 2. The molecule has 1 saturated carbocycles. The Morgan fingerprint density at radius 3 is 2.70 bits per heavy atom. The Labute approximate surface area is 189 Å². The zero-order valence-corrected chi connectivity index (χ0v) is 18.5. The van der Waals surface area contributed by atoms with Gasteiger partial charge in [-0.1, -0.05) is 11.2 Å². The molecular formula is C21H24N8O4. The van der Waals surface area contributed by atoms with Crippen molar-refractivity contribution in [2.24, 2.45) is 11.7 Å².